The van der Waals surface area contributed by atoms with Crippen LogP contribution in [0.15, 0.2) is 59.0 Å². The topological polar surface area (TPSA) is 66.6 Å². The molecule has 0 unspecified atom stereocenters. The fraction of sp³-hybridized carbons (Fsp3) is 0.308. The van der Waals surface area contributed by atoms with Gasteiger partial charge in [0.2, 0.25) is 0 Å². The van der Waals surface area contributed by atoms with Gasteiger partial charge in [0.05, 0.1) is 9.88 Å². The summed E-state index contributed by atoms with van der Waals surface area (Å²) in [5.74, 6) is 0.0643. The predicted molar refractivity (Wildman–Crippen MR) is 127 cm³/mol. The highest BCUT2D eigenvalue weighted by Gasteiger charge is 2.33. The van der Waals surface area contributed by atoms with Gasteiger partial charge in [-0.05, 0) is 56.0 Å². The number of nitrogens with zero attached hydrogens (tertiary/aromatic N) is 2. The Morgan fingerprint density at radius 2 is 2.03 bits per heavy atom. The number of aliphatic hydroxyl groups excluding tert-OH is 1. The molecule has 2 aromatic carbocycles. The monoisotopic (exact) mass is 464 g/mol. The summed E-state index contributed by atoms with van der Waals surface area (Å²) in [4.78, 5) is 20.8. The third-order valence-corrected chi connectivity index (χ3v) is 7.22. The zero-order valence-corrected chi connectivity index (χ0v) is 19.1. The molecule has 0 bridgehead atoms. The highest BCUT2D eigenvalue weighted by Crippen LogP contribution is 2.34. The van der Waals surface area contributed by atoms with Crippen molar-refractivity contribution in [2.45, 2.75) is 44.8 Å². The zero-order chi connectivity index (χ0) is 22.9. The van der Waals surface area contributed by atoms with Gasteiger partial charge in [-0.15, -0.1) is 11.3 Å². The van der Waals surface area contributed by atoms with Gasteiger partial charge in [0.15, 0.2) is 0 Å². The molecule has 0 radical (unpaired) electrons. The number of thiazole rings is 1. The molecule has 2 atom stereocenters. The lowest BCUT2D eigenvalue weighted by molar-refractivity contribution is 0.0457. The Balaban J connectivity index is 1.39. The lowest BCUT2D eigenvalue weighted by atomic mass is 9.95. The van der Waals surface area contributed by atoms with Gasteiger partial charge in [-0.2, -0.15) is 0 Å². The number of amides is 1. The molecule has 2 aromatic heterocycles. The SMILES string of the molecule is Cc1nc(C(=O)N2CCCC[C@H]2C[C@H](O)c2cc3ccccc3o2)c(-c2ccc(F)cc2)s1. The van der Waals surface area contributed by atoms with Crippen LogP contribution in [0.5, 0.6) is 0 Å². The third kappa shape index (κ3) is 4.43. The molecular weight excluding hydrogens is 439 g/mol. The number of rotatable bonds is 5. The number of hydrogen-bond donors (Lipinski definition) is 1. The summed E-state index contributed by atoms with van der Waals surface area (Å²) in [6, 6.07) is 15.6. The summed E-state index contributed by atoms with van der Waals surface area (Å²) in [6.45, 7) is 2.49. The number of fused-ring (bicyclic) bond motifs is 1. The number of furan rings is 1. The number of likely N-dealkylation sites (tertiary alicyclic amines) is 1. The van der Waals surface area contributed by atoms with Crippen LogP contribution in [0, 0.1) is 12.7 Å². The van der Waals surface area contributed by atoms with Crippen molar-refractivity contribution < 1.29 is 18.7 Å². The van der Waals surface area contributed by atoms with E-state index in [4.69, 9.17) is 4.42 Å². The van der Waals surface area contributed by atoms with E-state index in [1.54, 1.807) is 12.1 Å². The van der Waals surface area contributed by atoms with Crippen LogP contribution in [-0.2, 0) is 0 Å². The highest BCUT2D eigenvalue weighted by molar-refractivity contribution is 7.15. The Labute approximate surface area is 195 Å². The molecule has 4 aromatic rings. The minimum Gasteiger partial charge on any atom is -0.458 e. The van der Waals surface area contributed by atoms with Gasteiger partial charge < -0.3 is 14.4 Å². The standard InChI is InChI=1S/C26H25FN2O3S/c1-16-28-24(25(33-16)17-9-11-19(27)12-10-17)26(31)29-13-5-4-7-20(29)15-21(30)23-14-18-6-2-3-8-22(18)32-23/h2-3,6,8-12,14,20-21,30H,4-5,7,13,15H2,1H3/t20-,21-/m0/s1. The number of piperidine rings is 1. The van der Waals surface area contributed by atoms with E-state index < -0.39 is 6.10 Å². The van der Waals surface area contributed by atoms with Crippen molar-refractivity contribution in [2.24, 2.45) is 0 Å². The van der Waals surface area contributed by atoms with Gasteiger partial charge in [-0.1, -0.05) is 30.3 Å². The molecule has 1 N–H and O–H groups in total. The fourth-order valence-electron chi connectivity index (χ4n) is 4.56. The molecule has 1 aliphatic rings. The normalized spacial score (nSPS) is 17.4. The lowest BCUT2D eigenvalue weighted by Gasteiger charge is -2.36. The second-order valence-corrected chi connectivity index (χ2v) is 9.71. The van der Waals surface area contributed by atoms with Crippen molar-refractivity contribution in [3.63, 3.8) is 0 Å². The average molecular weight is 465 g/mol. The third-order valence-electron chi connectivity index (χ3n) is 6.20. The van der Waals surface area contributed by atoms with Crippen molar-refractivity contribution in [1.29, 1.82) is 0 Å². The van der Waals surface area contributed by atoms with Crippen LogP contribution in [0.25, 0.3) is 21.4 Å². The van der Waals surface area contributed by atoms with Crippen LogP contribution >= 0.6 is 11.3 Å². The van der Waals surface area contributed by atoms with Gasteiger partial charge in [-0.25, -0.2) is 9.37 Å². The summed E-state index contributed by atoms with van der Waals surface area (Å²) in [5.41, 5.74) is 1.92. The first-order valence-electron chi connectivity index (χ1n) is 11.2. The van der Waals surface area contributed by atoms with Crippen molar-refractivity contribution in [3.05, 3.63) is 76.9 Å². The number of carbonyl (C=O) groups is 1. The van der Waals surface area contributed by atoms with Crippen LogP contribution in [0.1, 0.15) is 53.0 Å². The van der Waals surface area contributed by atoms with Crippen molar-refractivity contribution in [1.82, 2.24) is 9.88 Å². The molecule has 170 valence electrons. The minimum atomic E-state index is -0.801. The Hall–Kier alpha value is -3.03. The molecule has 5 rings (SSSR count). The van der Waals surface area contributed by atoms with Crippen molar-refractivity contribution >= 4 is 28.2 Å². The minimum absolute atomic E-state index is 0.113. The van der Waals surface area contributed by atoms with E-state index in [1.807, 2.05) is 42.2 Å². The van der Waals surface area contributed by atoms with Gasteiger partial charge in [0, 0.05) is 24.4 Å². The number of halogens is 1. The number of carbonyl (C=O) groups excluding carboxylic acids is 1. The number of aliphatic hydroxyl groups is 1. The number of aromatic nitrogens is 1. The highest BCUT2D eigenvalue weighted by atomic mass is 32.1. The molecule has 1 saturated heterocycles. The van der Waals surface area contributed by atoms with E-state index in [2.05, 4.69) is 4.98 Å². The molecule has 0 aliphatic carbocycles. The van der Waals surface area contributed by atoms with Crippen LogP contribution in [0.2, 0.25) is 0 Å². The Kier molecular flexibility index (Phi) is 6.00. The van der Waals surface area contributed by atoms with E-state index in [9.17, 15) is 14.3 Å². The first-order valence-corrected chi connectivity index (χ1v) is 12.0. The number of aryl methyl sites for hydroxylation is 1. The van der Waals surface area contributed by atoms with Gasteiger partial charge >= 0.3 is 0 Å². The zero-order valence-electron chi connectivity index (χ0n) is 18.3. The summed E-state index contributed by atoms with van der Waals surface area (Å²) in [5, 5.41) is 12.7. The largest absolute Gasteiger partial charge is 0.458 e. The fourth-order valence-corrected chi connectivity index (χ4v) is 5.47. The first kappa shape index (κ1) is 21.8. The second-order valence-electron chi connectivity index (χ2n) is 8.50. The smallest absolute Gasteiger partial charge is 0.274 e. The molecule has 0 saturated carbocycles. The van der Waals surface area contributed by atoms with E-state index >= 15 is 0 Å². The van der Waals surface area contributed by atoms with E-state index in [0.29, 0.717) is 24.4 Å². The molecule has 5 nitrogen and oxygen atoms in total. The second kappa shape index (κ2) is 9.08. The number of benzene rings is 2. The quantitative estimate of drug-likeness (QED) is 0.386. The van der Waals surface area contributed by atoms with Crippen LogP contribution in [0.3, 0.4) is 0 Å². The van der Waals surface area contributed by atoms with Gasteiger partial charge in [0.1, 0.15) is 29.0 Å². The Morgan fingerprint density at radius 1 is 1.24 bits per heavy atom. The van der Waals surface area contributed by atoms with E-state index in [1.165, 1.54) is 23.5 Å². The first-order chi connectivity index (χ1) is 16.0. The molecular formula is C26H25FN2O3S. The van der Waals surface area contributed by atoms with Crippen molar-refractivity contribution in [2.75, 3.05) is 6.54 Å². The van der Waals surface area contributed by atoms with E-state index in [-0.39, 0.29) is 17.8 Å². The Bertz CT molecular complexity index is 1250. The van der Waals surface area contributed by atoms with Crippen LogP contribution in [-0.4, -0.2) is 33.5 Å². The molecule has 0 spiro atoms. The number of para-hydroxylation sites is 1. The maximum Gasteiger partial charge on any atom is 0.274 e. The maximum absolute atomic E-state index is 13.6. The summed E-state index contributed by atoms with van der Waals surface area (Å²) in [6.07, 6.45) is 2.34. The summed E-state index contributed by atoms with van der Waals surface area (Å²) in [7, 11) is 0. The summed E-state index contributed by atoms with van der Waals surface area (Å²) < 4.78 is 19.3. The van der Waals surface area contributed by atoms with Gasteiger partial charge in [0.25, 0.3) is 5.91 Å². The van der Waals surface area contributed by atoms with Crippen molar-refractivity contribution in [3.8, 4) is 10.4 Å². The molecule has 3 heterocycles. The number of hydrogen-bond acceptors (Lipinski definition) is 5. The average Bonchev–Trinajstić information content (AvgIpc) is 3.43. The van der Waals surface area contributed by atoms with E-state index in [0.717, 1.165) is 45.7 Å². The Morgan fingerprint density at radius 3 is 2.82 bits per heavy atom. The van der Waals surface area contributed by atoms with Gasteiger partial charge in [-0.3, -0.25) is 4.79 Å². The maximum atomic E-state index is 13.6. The molecule has 1 fully saturated rings. The molecule has 1 amide bonds. The van der Waals surface area contributed by atoms with Crippen LogP contribution in [0.4, 0.5) is 4.39 Å². The summed E-state index contributed by atoms with van der Waals surface area (Å²) >= 11 is 1.43. The van der Waals surface area contributed by atoms with Crippen LogP contribution < -0.4 is 0 Å². The molecule has 1 aliphatic heterocycles. The predicted octanol–water partition coefficient (Wildman–Crippen LogP) is 6.12. The lowest BCUT2D eigenvalue weighted by Crippen LogP contribution is -2.44. The molecule has 7 heteroatoms. The molecule has 33 heavy (non-hydrogen) atoms.